The van der Waals surface area contributed by atoms with E-state index >= 15 is 0 Å². The number of aromatic nitrogens is 2. The Morgan fingerprint density at radius 1 is 1.47 bits per heavy atom. The highest BCUT2D eigenvalue weighted by Gasteiger charge is 2.22. The molecule has 0 radical (unpaired) electrons. The van der Waals surface area contributed by atoms with Crippen LogP contribution in [0.1, 0.15) is 54.3 Å². The molecule has 1 N–H and O–H groups in total. The van der Waals surface area contributed by atoms with E-state index in [0.29, 0.717) is 17.4 Å². The van der Waals surface area contributed by atoms with Gasteiger partial charge in [-0.05, 0) is 19.8 Å². The van der Waals surface area contributed by atoms with Crippen LogP contribution in [0.4, 0.5) is 0 Å². The van der Waals surface area contributed by atoms with Crippen LogP contribution in [0.3, 0.4) is 0 Å². The van der Waals surface area contributed by atoms with E-state index in [1.165, 1.54) is 19.3 Å². The van der Waals surface area contributed by atoms with Gasteiger partial charge >= 0.3 is 5.97 Å². The van der Waals surface area contributed by atoms with Crippen molar-refractivity contribution in [1.82, 2.24) is 9.55 Å². The van der Waals surface area contributed by atoms with E-state index in [9.17, 15) is 4.79 Å². The Labute approximate surface area is 88.9 Å². The number of nitrogens with zero attached hydrogens (tertiary/aromatic N) is 2. The fourth-order valence-electron chi connectivity index (χ4n) is 2.36. The van der Waals surface area contributed by atoms with Crippen LogP contribution in [0, 0.1) is 6.92 Å². The second-order valence-corrected chi connectivity index (χ2v) is 4.18. The van der Waals surface area contributed by atoms with Crippen molar-refractivity contribution in [3.8, 4) is 0 Å². The van der Waals surface area contributed by atoms with Gasteiger partial charge in [-0.1, -0.05) is 19.3 Å². The van der Waals surface area contributed by atoms with Crippen molar-refractivity contribution in [1.29, 1.82) is 0 Å². The van der Waals surface area contributed by atoms with Gasteiger partial charge in [0.1, 0.15) is 5.69 Å². The Balaban J connectivity index is 2.30. The van der Waals surface area contributed by atoms with Gasteiger partial charge in [0.15, 0.2) is 0 Å². The van der Waals surface area contributed by atoms with E-state index < -0.39 is 5.97 Å². The number of carbonyl (C=O) groups is 1. The number of aryl methyl sites for hydroxylation is 1. The van der Waals surface area contributed by atoms with Crippen LogP contribution >= 0.6 is 0 Å². The maximum Gasteiger partial charge on any atom is 0.354 e. The fraction of sp³-hybridized carbons (Fsp3) is 0.636. The van der Waals surface area contributed by atoms with Crippen molar-refractivity contribution >= 4 is 5.97 Å². The SMILES string of the molecule is Cc1ncn(C2CCCCC2)c1C(=O)O. The van der Waals surface area contributed by atoms with Crippen LogP contribution in [0.2, 0.25) is 0 Å². The van der Waals surface area contributed by atoms with Crippen molar-refractivity contribution in [3.05, 3.63) is 17.7 Å². The minimum atomic E-state index is -0.865. The van der Waals surface area contributed by atoms with E-state index in [4.69, 9.17) is 5.11 Å². The minimum absolute atomic E-state index is 0.339. The Morgan fingerprint density at radius 2 is 2.13 bits per heavy atom. The molecule has 0 amide bonds. The van der Waals surface area contributed by atoms with E-state index in [1.54, 1.807) is 13.3 Å². The highest BCUT2D eigenvalue weighted by molar-refractivity contribution is 5.87. The molecule has 1 aliphatic carbocycles. The van der Waals surface area contributed by atoms with Crippen LogP contribution in [0.25, 0.3) is 0 Å². The molecule has 0 aromatic carbocycles. The molecular weight excluding hydrogens is 192 g/mol. The maximum atomic E-state index is 11.1. The molecule has 15 heavy (non-hydrogen) atoms. The summed E-state index contributed by atoms with van der Waals surface area (Å²) in [6.07, 6.45) is 7.50. The van der Waals surface area contributed by atoms with Gasteiger partial charge in [-0.2, -0.15) is 0 Å². The summed E-state index contributed by atoms with van der Waals surface area (Å²) in [5.74, 6) is -0.865. The summed E-state index contributed by atoms with van der Waals surface area (Å²) in [4.78, 5) is 15.2. The molecule has 1 fully saturated rings. The molecule has 82 valence electrons. The Kier molecular flexibility index (Phi) is 2.75. The van der Waals surface area contributed by atoms with Crippen molar-refractivity contribution < 1.29 is 9.90 Å². The number of hydrogen-bond acceptors (Lipinski definition) is 2. The van der Waals surface area contributed by atoms with Gasteiger partial charge in [-0.15, -0.1) is 0 Å². The summed E-state index contributed by atoms with van der Waals surface area (Å²) in [6, 6.07) is 0.339. The average Bonchev–Trinajstić information content (AvgIpc) is 2.61. The molecule has 0 aliphatic heterocycles. The van der Waals surface area contributed by atoms with Crippen LogP contribution in [-0.2, 0) is 0 Å². The summed E-state index contributed by atoms with van der Waals surface area (Å²) >= 11 is 0. The largest absolute Gasteiger partial charge is 0.477 e. The van der Waals surface area contributed by atoms with Gasteiger partial charge in [0.05, 0.1) is 12.0 Å². The summed E-state index contributed by atoms with van der Waals surface area (Å²) in [6.45, 7) is 1.75. The molecule has 1 saturated carbocycles. The lowest BCUT2D eigenvalue weighted by molar-refractivity contribution is 0.0680. The van der Waals surface area contributed by atoms with Gasteiger partial charge in [-0.3, -0.25) is 0 Å². The summed E-state index contributed by atoms with van der Waals surface area (Å²) in [5.41, 5.74) is 0.981. The fourth-order valence-corrected chi connectivity index (χ4v) is 2.36. The van der Waals surface area contributed by atoms with Crippen molar-refractivity contribution in [2.24, 2.45) is 0 Å². The highest BCUT2D eigenvalue weighted by atomic mass is 16.4. The molecule has 0 saturated heterocycles. The Hall–Kier alpha value is -1.32. The van der Waals surface area contributed by atoms with Gasteiger partial charge in [-0.25, -0.2) is 9.78 Å². The third-order valence-electron chi connectivity index (χ3n) is 3.15. The average molecular weight is 208 g/mol. The summed E-state index contributed by atoms with van der Waals surface area (Å²) in [5, 5.41) is 9.11. The lowest BCUT2D eigenvalue weighted by Gasteiger charge is -2.23. The molecule has 0 unspecified atom stereocenters. The third-order valence-corrected chi connectivity index (χ3v) is 3.15. The highest BCUT2D eigenvalue weighted by Crippen LogP contribution is 2.29. The van der Waals surface area contributed by atoms with Crippen molar-refractivity contribution in [2.45, 2.75) is 45.1 Å². The summed E-state index contributed by atoms with van der Waals surface area (Å²) < 4.78 is 1.84. The second kappa shape index (κ2) is 4.04. The van der Waals surface area contributed by atoms with Crippen LogP contribution in [-0.4, -0.2) is 20.6 Å². The number of carboxylic acids is 1. The molecule has 4 heteroatoms. The molecule has 1 heterocycles. The predicted octanol–water partition coefficient (Wildman–Crippen LogP) is 2.39. The first-order valence-corrected chi connectivity index (χ1v) is 5.47. The lowest BCUT2D eigenvalue weighted by Crippen LogP contribution is -2.17. The zero-order valence-corrected chi connectivity index (χ0v) is 8.94. The zero-order chi connectivity index (χ0) is 10.8. The monoisotopic (exact) mass is 208 g/mol. The molecule has 1 aliphatic rings. The quantitative estimate of drug-likeness (QED) is 0.811. The first-order chi connectivity index (χ1) is 7.20. The first-order valence-electron chi connectivity index (χ1n) is 5.47. The molecule has 0 bridgehead atoms. The van der Waals surface area contributed by atoms with E-state index in [2.05, 4.69) is 4.98 Å². The smallest absolute Gasteiger partial charge is 0.354 e. The number of aromatic carboxylic acids is 1. The number of rotatable bonds is 2. The second-order valence-electron chi connectivity index (χ2n) is 4.18. The standard InChI is InChI=1S/C11H16N2O2/c1-8-10(11(14)15)13(7-12-8)9-5-3-2-4-6-9/h7,9H,2-6H2,1H3,(H,14,15). The molecule has 0 spiro atoms. The topological polar surface area (TPSA) is 55.1 Å². The number of hydrogen-bond donors (Lipinski definition) is 1. The van der Waals surface area contributed by atoms with Crippen LogP contribution in [0.15, 0.2) is 6.33 Å². The predicted molar refractivity (Wildman–Crippen MR) is 56.0 cm³/mol. The normalized spacial score (nSPS) is 17.9. The summed E-state index contributed by atoms with van der Waals surface area (Å²) in [7, 11) is 0. The van der Waals surface area contributed by atoms with Crippen LogP contribution < -0.4 is 0 Å². The zero-order valence-electron chi connectivity index (χ0n) is 8.94. The number of imidazole rings is 1. The molecule has 1 aromatic rings. The maximum absolute atomic E-state index is 11.1. The minimum Gasteiger partial charge on any atom is -0.477 e. The molecule has 2 rings (SSSR count). The van der Waals surface area contributed by atoms with Crippen molar-refractivity contribution in [2.75, 3.05) is 0 Å². The van der Waals surface area contributed by atoms with Crippen molar-refractivity contribution in [3.63, 3.8) is 0 Å². The van der Waals surface area contributed by atoms with E-state index in [1.807, 2.05) is 4.57 Å². The van der Waals surface area contributed by atoms with Gasteiger partial charge in [0.2, 0.25) is 0 Å². The molecule has 1 aromatic heterocycles. The molecule has 4 nitrogen and oxygen atoms in total. The first kappa shape index (κ1) is 10.2. The lowest BCUT2D eigenvalue weighted by atomic mass is 9.95. The van der Waals surface area contributed by atoms with Crippen LogP contribution in [0.5, 0.6) is 0 Å². The van der Waals surface area contributed by atoms with Gasteiger partial charge in [0, 0.05) is 6.04 Å². The molecule has 0 atom stereocenters. The van der Waals surface area contributed by atoms with E-state index in [-0.39, 0.29) is 0 Å². The third kappa shape index (κ3) is 1.89. The van der Waals surface area contributed by atoms with E-state index in [0.717, 1.165) is 12.8 Å². The van der Waals surface area contributed by atoms with Gasteiger partial charge in [0.25, 0.3) is 0 Å². The molecular formula is C11H16N2O2. The number of carboxylic acid groups (broad SMARTS) is 1. The Bertz CT molecular complexity index is 365. The van der Waals surface area contributed by atoms with Gasteiger partial charge < -0.3 is 9.67 Å². The Morgan fingerprint density at radius 3 is 2.73 bits per heavy atom.